The van der Waals surface area contributed by atoms with Gasteiger partial charge in [-0.1, -0.05) is 0 Å². The van der Waals surface area contributed by atoms with Gasteiger partial charge in [-0.05, 0) is 47.1 Å². The van der Waals surface area contributed by atoms with Crippen molar-refractivity contribution in [3.05, 3.63) is 44.6 Å². The number of hydrogen-bond acceptors (Lipinski definition) is 5. The molecule has 1 heterocycles. The number of carbonyl (C=O) groups is 1. The number of ether oxygens (including phenoxy) is 2. The molecule has 0 amide bonds. The molecule has 2 aromatic rings. The second kappa shape index (κ2) is 7.25. The van der Waals surface area contributed by atoms with Crippen LogP contribution in [0.5, 0.6) is 11.5 Å². The minimum atomic E-state index is -0.0995. The second-order valence-corrected chi connectivity index (χ2v) is 6.48. The number of benzene rings is 1. The number of carbonyl (C=O) groups excluding carboxylic acids is 1. The number of ketones is 1. The predicted molar refractivity (Wildman–Crippen MR) is 84.2 cm³/mol. The van der Waals surface area contributed by atoms with Crippen LogP contribution in [0.4, 0.5) is 0 Å². The van der Waals surface area contributed by atoms with Gasteiger partial charge in [0.25, 0.3) is 0 Å². The Labute approximate surface area is 135 Å². The van der Waals surface area contributed by atoms with Crippen LogP contribution >= 0.6 is 27.3 Å². The standard InChI is InChI=1S/C15H12BrNO3S/c1-2-19-13-7-10(8-17)3-4-12(13)20-9-11(18)14-5-6-15(16)21-14/h3-7H,2,9H2,1H3. The van der Waals surface area contributed by atoms with Crippen LogP contribution in [-0.2, 0) is 0 Å². The van der Waals surface area contributed by atoms with Gasteiger partial charge in [0.05, 0.1) is 26.9 Å². The molecule has 0 radical (unpaired) electrons. The van der Waals surface area contributed by atoms with Crippen LogP contribution in [0, 0.1) is 11.3 Å². The normalized spacial score (nSPS) is 9.95. The molecule has 0 saturated heterocycles. The van der Waals surface area contributed by atoms with Crippen LogP contribution in [0.1, 0.15) is 22.2 Å². The number of rotatable bonds is 6. The lowest BCUT2D eigenvalue weighted by molar-refractivity contribution is 0.0923. The van der Waals surface area contributed by atoms with Crippen molar-refractivity contribution in [3.8, 4) is 17.6 Å². The smallest absolute Gasteiger partial charge is 0.210 e. The average molecular weight is 366 g/mol. The van der Waals surface area contributed by atoms with E-state index < -0.39 is 0 Å². The van der Waals surface area contributed by atoms with Crippen LogP contribution in [0.25, 0.3) is 0 Å². The summed E-state index contributed by atoms with van der Waals surface area (Å²) < 4.78 is 11.9. The van der Waals surface area contributed by atoms with Crippen molar-refractivity contribution in [1.82, 2.24) is 0 Å². The molecule has 0 N–H and O–H groups in total. The summed E-state index contributed by atoms with van der Waals surface area (Å²) in [6, 6.07) is 10.5. The summed E-state index contributed by atoms with van der Waals surface area (Å²) in [6.45, 7) is 2.23. The highest BCUT2D eigenvalue weighted by Gasteiger charge is 2.12. The molecule has 0 fully saturated rings. The highest BCUT2D eigenvalue weighted by atomic mass is 79.9. The van der Waals surface area contributed by atoms with E-state index in [-0.39, 0.29) is 12.4 Å². The molecule has 1 aromatic carbocycles. The molecule has 0 aliphatic rings. The van der Waals surface area contributed by atoms with Gasteiger partial charge >= 0.3 is 0 Å². The van der Waals surface area contributed by atoms with Crippen molar-refractivity contribution in [3.63, 3.8) is 0 Å². The SMILES string of the molecule is CCOc1cc(C#N)ccc1OCC(=O)c1ccc(Br)s1. The number of hydrogen-bond donors (Lipinski definition) is 0. The third-order valence-electron chi connectivity index (χ3n) is 2.58. The van der Waals surface area contributed by atoms with Crippen LogP contribution in [0.2, 0.25) is 0 Å². The number of nitrogens with zero attached hydrogens (tertiary/aromatic N) is 1. The number of nitriles is 1. The molecule has 0 bridgehead atoms. The van der Waals surface area contributed by atoms with Crippen LogP contribution in [0.15, 0.2) is 34.1 Å². The topological polar surface area (TPSA) is 59.3 Å². The Kier molecular flexibility index (Phi) is 5.37. The van der Waals surface area contributed by atoms with Gasteiger partial charge in [-0.2, -0.15) is 5.26 Å². The van der Waals surface area contributed by atoms with Crippen LogP contribution in [-0.4, -0.2) is 19.0 Å². The zero-order valence-corrected chi connectivity index (χ0v) is 13.7. The predicted octanol–water partition coefficient (Wildman–Crippen LogP) is 4.04. The molecule has 0 aliphatic carbocycles. The lowest BCUT2D eigenvalue weighted by atomic mass is 10.2. The maximum absolute atomic E-state index is 12.0. The first-order valence-corrected chi connectivity index (χ1v) is 7.83. The fourth-order valence-corrected chi connectivity index (χ4v) is 2.95. The quantitative estimate of drug-likeness (QED) is 0.724. The van der Waals surface area contributed by atoms with Crippen molar-refractivity contribution in [2.24, 2.45) is 0 Å². The van der Waals surface area contributed by atoms with E-state index >= 15 is 0 Å². The molecule has 6 heteroatoms. The fourth-order valence-electron chi connectivity index (χ4n) is 1.64. The lowest BCUT2D eigenvalue weighted by Gasteiger charge is -2.11. The lowest BCUT2D eigenvalue weighted by Crippen LogP contribution is -2.11. The van der Waals surface area contributed by atoms with E-state index in [1.807, 2.05) is 19.1 Å². The van der Waals surface area contributed by atoms with Gasteiger partial charge in [-0.3, -0.25) is 4.79 Å². The Morgan fingerprint density at radius 2 is 2.10 bits per heavy atom. The zero-order valence-electron chi connectivity index (χ0n) is 11.3. The van der Waals surface area contributed by atoms with E-state index in [1.165, 1.54) is 11.3 Å². The third kappa shape index (κ3) is 4.06. The molecule has 0 atom stereocenters. The minimum absolute atomic E-state index is 0.0705. The number of Topliss-reactive ketones (excluding diaryl/α,β-unsaturated/α-hetero) is 1. The average Bonchev–Trinajstić information content (AvgIpc) is 2.92. The Morgan fingerprint density at radius 3 is 2.71 bits per heavy atom. The second-order valence-electron chi connectivity index (χ2n) is 4.02. The molecular weight excluding hydrogens is 354 g/mol. The Bertz CT molecular complexity index is 690. The first-order chi connectivity index (χ1) is 10.1. The molecule has 21 heavy (non-hydrogen) atoms. The molecule has 0 unspecified atom stereocenters. The third-order valence-corrected chi connectivity index (χ3v) is 4.24. The maximum Gasteiger partial charge on any atom is 0.210 e. The van der Waals surface area contributed by atoms with Gasteiger partial charge < -0.3 is 9.47 Å². The summed E-state index contributed by atoms with van der Waals surface area (Å²) in [4.78, 5) is 12.6. The van der Waals surface area contributed by atoms with Crippen molar-refractivity contribution in [2.75, 3.05) is 13.2 Å². The van der Waals surface area contributed by atoms with E-state index in [2.05, 4.69) is 15.9 Å². The van der Waals surface area contributed by atoms with Crippen molar-refractivity contribution < 1.29 is 14.3 Å². The van der Waals surface area contributed by atoms with Gasteiger partial charge in [-0.15, -0.1) is 11.3 Å². The molecule has 4 nitrogen and oxygen atoms in total. The summed E-state index contributed by atoms with van der Waals surface area (Å²) in [5, 5.41) is 8.89. The van der Waals surface area contributed by atoms with E-state index in [1.54, 1.807) is 24.3 Å². The Morgan fingerprint density at radius 1 is 1.29 bits per heavy atom. The molecular formula is C15H12BrNO3S. The minimum Gasteiger partial charge on any atom is -0.490 e. The first kappa shape index (κ1) is 15.5. The van der Waals surface area contributed by atoms with Crippen molar-refractivity contribution >= 4 is 33.0 Å². The Hall–Kier alpha value is -1.84. The zero-order chi connectivity index (χ0) is 15.2. The first-order valence-electron chi connectivity index (χ1n) is 6.22. The molecule has 0 saturated carbocycles. The summed E-state index contributed by atoms with van der Waals surface area (Å²) in [6.07, 6.45) is 0. The van der Waals surface area contributed by atoms with Crippen LogP contribution < -0.4 is 9.47 Å². The van der Waals surface area contributed by atoms with Crippen molar-refractivity contribution in [1.29, 1.82) is 5.26 Å². The molecule has 1 aromatic heterocycles. The summed E-state index contributed by atoms with van der Waals surface area (Å²) in [5.41, 5.74) is 0.485. The van der Waals surface area contributed by atoms with E-state index in [4.69, 9.17) is 14.7 Å². The largest absolute Gasteiger partial charge is 0.490 e. The Balaban J connectivity index is 2.09. The molecule has 0 spiro atoms. The van der Waals surface area contributed by atoms with Gasteiger partial charge in [-0.25, -0.2) is 0 Å². The van der Waals surface area contributed by atoms with Gasteiger partial charge in [0.1, 0.15) is 0 Å². The summed E-state index contributed by atoms with van der Waals surface area (Å²) >= 11 is 4.68. The maximum atomic E-state index is 12.0. The molecule has 108 valence electrons. The van der Waals surface area contributed by atoms with Gasteiger partial charge in [0, 0.05) is 6.07 Å². The number of thiophene rings is 1. The highest BCUT2D eigenvalue weighted by Crippen LogP contribution is 2.29. The van der Waals surface area contributed by atoms with E-state index in [9.17, 15) is 4.79 Å². The van der Waals surface area contributed by atoms with Crippen molar-refractivity contribution in [2.45, 2.75) is 6.92 Å². The fraction of sp³-hybridized carbons (Fsp3) is 0.200. The van der Waals surface area contributed by atoms with Crippen LogP contribution in [0.3, 0.4) is 0 Å². The molecule has 2 rings (SSSR count). The summed E-state index contributed by atoms with van der Waals surface area (Å²) in [7, 11) is 0. The monoisotopic (exact) mass is 365 g/mol. The van der Waals surface area contributed by atoms with Gasteiger partial charge in [0.15, 0.2) is 18.1 Å². The highest BCUT2D eigenvalue weighted by molar-refractivity contribution is 9.11. The van der Waals surface area contributed by atoms with E-state index in [0.29, 0.717) is 28.5 Å². The number of halogens is 1. The summed E-state index contributed by atoms with van der Waals surface area (Å²) in [5.74, 6) is 0.828. The van der Waals surface area contributed by atoms with Gasteiger partial charge in [0.2, 0.25) is 5.78 Å². The van der Waals surface area contributed by atoms with E-state index in [0.717, 1.165) is 3.79 Å². The molecule has 0 aliphatic heterocycles.